The fourth-order valence-corrected chi connectivity index (χ4v) is 5.92. The molecule has 1 aliphatic heterocycles. The number of hydrogen-bond acceptors (Lipinski definition) is 5. The first-order valence-corrected chi connectivity index (χ1v) is 11.4. The van der Waals surface area contributed by atoms with Crippen LogP contribution in [0.15, 0.2) is 18.2 Å². The van der Waals surface area contributed by atoms with E-state index < -0.39 is 21.4 Å². The number of ether oxygens (including phenoxy) is 2. The van der Waals surface area contributed by atoms with E-state index in [1.165, 1.54) is 12.1 Å². The highest BCUT2D eigenvalue weighted by atomic mass is 32.2. The van der Waals surface area contributed by atoms with Gasteiger partial charge in [-0.25, -0.2) is 0 Å². The number of halogens is 3. The van der Waals surface area contributed by atoms with E-state index in [1.54, 1.807) is 6.07 Å². The van der Waals surface area contributed by atoms with Crippen LogP contribution in [0.3, 0.4) is 0 Å². The number of hydrogen-bond donors (Lipinski definition) is 0. The van der Waals surface area contributed by atoms with Crippen LogP contribution >= 0.6 is 0 Å². The molecule has 1 aromatic rings. The molecular formula is C20H25F3O5S. The van der Waals surface area contributed by atoms with Gasteiger partial charge in [-0.15, -0.1) is 0 Å². The average molecular weight is 434 g/mol. The first kappa shape index (κ1) is 20.9. The van der Waals surface area contributed by atoms with Gasteiger partial charge in [-0.1, -0.05) is 13.0 Å². The molecule has 9 heteroatoms. The van der Waals surface area contributed by atoms with Crippen molar-refractivity contribution < 1.29 is 35.2 Å². The van der Waals surface area contributed by atoms with E-state index in [9.17, 15) is 21.6 Å². The Kier molecular flexibility index (Phi) is 5.15. The Morgan fingerprint density at radius 2 is 1.93 bits per heavy atom. The Balaban J connectivity index is 1.67. The molecule has 1 saturated heterocycles. The minimum atomic E-state index is -5.68. The topological polar surface area (TPSA) is 61.8 Å². The maximum absolute atomic E-state index is 12.7. The third-order valence-corrected chi connectivity index (χ3v) is 7.82. The molecule has 3 aliphatic rings. The summed E-state index contributed by atoms with van der Waals surface area (Å²) >= 11 is 0. The quantitative estimate of drug-likeness (QED) is 0.520. The smallest absolute Gasteiger partial charge is 0.376 e. The number of benzene rings is 1. The van der Waals surface area contributed by atoms with Crippen LogP contribution in [0.2, 0.25) is 0 Å². The molecule has 1 aromatic carbocycles. The lowest BCUT2D eigenvalue weighted by molar-refractivity contribution is -0.199. The summed E-state index contributed by atoms with van der Waals surface area (Å²) in [6.45, 7) is 3.35. The van der Waals surface area contributed by atoms with Crippen LogP contribution in [0.1, 0.15) is 56.6 Å². The Labute approximate surface area is 168 Å². The number of aryl methyl sites for hydroxylation is 1. The van der Waals surface area contributed by atoms with E-state index in [-0.39, 0.29) is 11.2 Å². The molecule has 5 nitrogen and oxygen atoms in total. The number of rotatable bonds is 3. The highest BCUT2D eigenvalue weighted by molar-refractivity contribution is 7.88. The zero-order valence-corrected chi connectivity index (χ0v) is 17.1. The van der Waals surface area contributed by atoms with Crippen LogP contribution in [0.25, 0.3) is 0 Å². The molecule has 1 heterocycles. The third kappa shape index (κ3) is 3.55. The van der Waals surface area contributed by atoms with Crippen LogP contribution in [-0.2, 0) is 31.4 Å². The van der Waals surface area contributed by atoms with Crippen molar-refractivity contribution in [1.82, 2.24) is 0 Å². The van der Waals surface area contributed by atoms with Crippen LogP contribution in [0.4, 0.5) is 13.2 Å². The van der Waals surface area contributed by atoms with Crippen molar-refractivity contribution in [2.24, 2.45) is 5.92 Å². The molecule has 2 fully saturated rings. The largest absolute Gasteiger partial charge is 0.534 e. The van der Waals surface area contributed by atoms with E-state index in [2.05, 4.69) is 11.1 Å². The van der Waals surface area contributed by atoms with Gasteiger partial charge >= 0.3 is 15.6 Å². The molecular weight excluding hydrogens is 409 g/mol. The highest BCUT2D eigenvalue weighted by Gasteiger charge is 2.53. The molecule has 162 valence electrons. The molecule has 2 atom stereocenters. The predicted molar refractivity (Wildman–Crippen MR) is 98.9 cm³/mol. The van der Waals surface area contributed by atoms with Gasteiger partial charge in [-0.05, 0) is 66.7 Å². The van der Waals surface area contributed by atoms with Crippen molar-refractivity contribution in [3.8, 4) is 5.75 Å². The average Bonchev–Trinajstić information content (AvgIpc) is 3.03. The number of fused-ring (bicyclic) bond motifs is 3. The van der Waals surface area contributed by atoms with E-state index in [4.69, 9.17) is 9.47 Å². The predicted octanol–water partition coefficient (Wildman–Crippen LogP) is 4.44. The lowest BCUT2D eigenvalue weighted by Gasteiger charge is -2.49. The highest BCUT2D eigenvalue weighted by Crippen LogP contribution is 2.55. The Morgan fingerprint density at radius 3 is 2.59 bits per heavy atom. The zero-order valence-electron chi connectivity index (χ0n) is 16.3. The SMILES string of the molecule is CCC12CCC3(CC1CCCc1cc(OS(=O)(=O)C(F)(F)F)ccc12)OCCO3. The number of alkyl halides is 3. The maximum Gasteiger partial charge on any atom is 0.534 e. The Morgan fingerprint density at radius 1 is 1.21 bits per heavy atom. The summed E-state index contributed by atoms with van der Waals surface area (Å²) < 4.78 is 77.0. The second-order valence-electron chi connectivity index (χ2n) is 8.21. The van der Waals surface area contributed by atoms with Crippen LogP contribution in [0.5, 0.6) is 5.75 Å². The normalized spacial score (nSPS) is 29.2. The summed E-state index contributed by atoms with van der Waals surface area (Å²) in [6, 6.07) is 4.56. The third-order valence-electron chi connectivity index (χ3n) is 6.84. The van der Waals surface area contributed by atoms with Crippen molar-refractivity contribution in [3.05, 3.63) is 29.3 Å². The molecule has 1 saturated carbocycles. The maximum atomic E-state index is 12.7. The Hall–Kier alpha value is -1.32. The van der Waals surface area contributed by atoms with Crippen molar-refractivity contribution in [3.63, 3.8) is 0 Å². The standard InChI is InChI=1S/C20H25F3O5S/c1-2-18-8-9-19(26-10-11-27-19)13-15(18)5-3-4-14-12-16(6-7-17(14)18)28-29(24,25)20(21,22)23/h6-7,12,15H,2-5,8-11,13H2,1H3. The van der Waals surface area contributed by atoms with Gasteiger partial charge in [-0.3, -0.25) is 0 Å². The molecule has 29 heavy (non-hydrogen) atoms. The van der Waals surface area contributed by atoms with Crippen molar-refractivity contribution in [2.45, 2.75) is 68.6 Å². The summed E-state index contributed by atoms with van der Waals surface area (Å²) in [6.07, 6.45) is 5.84. The van der Waals surface area contributed by atoms with E-state index in [0.29, 0.717) is 25.6 Å². The lowest BCUT2D eigenvalue weighted by Crippen LogP contribution is -2.48. The summed E-state index contributed by atoms with van der Waals surface area (Å²) in [7, 11) is -5.68. The molecule has 0 N–H and O–H groups in total. The van der Waals surface area contributed by atoms with Gasteiger partial charge in [0.25, 0.3) is 0 Å². The van der Waals surface area contributed by atoms with Crippen LogP contribution in [-0.4, -0.2) is 32.9 Å². The molecule has 0 bridgehead atoms. The minimum Gasteiger partial charge on any atom is -0.376 e. The van der Waals surface area contributed by atoms with E-state index in [0.717, 1.165) is 49.7 Å². The van der Waals surface area contributed by atoms with E-state index >= 15 is 0 Å². The lowest BCUT2D eigenvalue weighted by atomic mass is 9.59. The van der Waals surface area contributed by atoms with Crippen molar-refractivity contribution >= 4 is 10.1 Å². The molecule has 1 spiro atoms. The van der Waals surface area contributed by atoms with Gasteiger partial charge in [0, 0.05) is 12.8 Å². The summed E-state index contributed by atoms with van der Waals surface area (Å²) in [5.74, 6) is -0.454. The molecule has 4 rings (SSSR count). The van der Waals surface area contributed by atoms with Gasteiger partial charge in [-0.2, -0.15) is 21.6 Å². The minimum absolute atomic E-state index is 0.117. The summed E-state index contributed by atoms with van der Waals surface area (Å²) in [5.41, 5.74) is -3.61. The van der Waals surface area contributed by atoms with E-state index in [1.807, 2.05) is 0 Å². The molecule has 2 unspecified atom stereocenters. The molecule has 2 aliphatic carbocycles. The fourth-order valence-electron chi connectivity index (χ4n) is 5.47. The molecule has 0 radical (unpaired) electrons. The summed E-state index contributed by atoms with van der Waals surface area (Å²) in [4.78, 5) is 0. The molecule has 0 amide bonds. The van der Waals surface area contributed by atoms with Gasteiger partial charge in [0.05, 0.1) is 13.2 Å². The monoisotopic (exact) mass is 434 g/mol. The van der Waals surface area contributed by atoms with Gasteiger partial charge in [0.1, 0.15) is 5.75 Å². The fraction of sp³-hybridized carbons (Fsp3) is 0.700. The second kappa shape index (κ2) is 7.13. The summed E-state index contributed by atoms with van der Waals surface area (Å²) in [5, 5.41) is 0. The molecule has 0 aromatic heterocycles. The van der Waals surface area contributed by atoms with Crippen molar-refractivity contribution in [2.75, 3.05) is 13.2 Å². The van der Waals surface area contributed by atoms with Gasteiger partial charge in [0.15, 0.2) is 5.79 Å². The van der Waals surface area contributed by atoms with Gasteiger partial charge in [0.2, 0.25) is 0 Å². The second-order valence-corrected chi connectivity index (χ2v) is 9.75. The van der Waals surface area contributed by atoms with Crippen LogP contribution < -0.4 is 4.18 Å². The van der Waals surface area contributed by atoms with Crippen LogP contribution in [0, 0.1) is 5.92 Å². The Bertz CT molecular complexity index is 877. The first-order chi connectivity index (χ1) is 13.6. The zero-order chi connectivity index (χ0) is 20.9. The first-order valence-electron chi connectivity index (χ1n) is 10.0. The van der Waals surface area contributed by atoms with Crippen molar-refractivity contribution in [1.29, 1.82) is 0 Å². The van der Waals surface area contributed by atoms with Gasteiger partial charge < -0.3 is 13.7 Å².